The Kier molecular flexibility index (Phi) is 6.37. The molecule has 2 nitrogen and oxygen atoms in total. The zero-order valence-electron chi connectivity index (χ0n) is 12.1. The summed E-state index contributed by atoms with van der Waals surface area (Å²) in [4.78, 5) is 0. The smallest absolute Gasteiger partial charge is 0.0581 e. The third-order valence-corrected chi connectivity index (χ3v) is 3.43. The van der Waals surface area contributed by atoms with Crippen LogP contribution in [0.4, 0.5) is 0 Å². The van der Waals surface area contributed by atoms with Gasteiger partial charge in [-0.05, 0) is 24.3 Å². The summed E-state index contributed by atoms with van der Waals surface area (Å²) in [5.41, 5.74) is 1.30. The van der Waals surface area contributed by atoms with Gasteiger partial charge in [0.05, 0.1) is 13.2 Å². The van der Waals surface area contributed by atoms with Crippen molar-refractivity contribution < 1.29 is 9.47 Å². The average molecular weight is 250 g/mol. The first-order valence-electron chi connectivity index (χ1n) is 6.68. The Morgan fingerprint density at radius 3 is 2.00 bits per heavy atom. The third-order valence-electron chi connectivity index (χ3n) is 3.43. The maximum absolute atomic E-state index is 5.47. The van der Waals surface area contributed by atoms with Crippen molar-refractivity contribution in [3.05, 3.63) is 35.9 Å². The zero-order valence-corrected chi connectivity index (χ0v) is 12.1. The molecule has 0 aliphatic rings. The van der Waals surface area contributed by atoms with Crippen molar-refractivity contribution in [1.29, 1.82) is 0 Å². The van der Waals surface area contributed by atoms with Crippen LogP contribution in [0.15, 0.2) is 30.3 Å². The van der Waals surface area contributed by atoms with Gasteiger partial charge >= 0.3 is 0 Å². The Labute approximate surface area is 111 Å². The summed E-state index contributed by atoms with van der Waals surface area (Å²) >= 11 is 0. The lowest BCUT2D eigenvalue weighted by atomic mass is 9.76. The molecule has 0 aromatic heterocycles. The van der Waals surface area contributed by atoms with E-state index in [9.17, 15) is 0 Å². The topological polar surface area (TPSA) is 18.5 Å². The molecule has 0 fully saturated rings. The van der Waals surface area contributed by atoms with Gasteiger partial charge in [0.15, 0.2) is 0 Å². The molecule has 102 valence electrons. The van der Waals surface area contributed by atoms with E-state index in [0.29, 0.717) is 19.1 Å². The number of hydrogen-bond acceptors (Lipinski definition) is 2. The van der Waals surface area contributed by atoms with Gasteiger partial charge < -0.3 is 9.47 Å². The normalized spacial score (nSPS) is 12.1. The quantitative estimate of drug-likeness (QED) is 0.701. The van der Waals surface area contributed by atoms with Crippen molar-refractivity contribution in [2.45, 2.75) is 32.1 Å². The maximum atomic E-state index is 5.47. The molecule has 0 aliphatic carbocycles. The molecule has 0 radical (unpaired) electrons. The highest BCUT2D eigenvalue weighted by Crippen LogP contribution is 2.31. The standard InChI is InChI=1S/C16H26O2/c1-14(2)10-11-16(12-17-3,13-18-4)15-8-6-5-7-9-15/h5-9,14H,10-13H2,1-4H3. The Morgan fingerprint density at radius 1 is 1.00 bits per heavy atom. The van der Waals surface area contributed by atoms with Gasteiger partial charge in [0.1, 0.15) is 0 Å². The highest BCUT2D eigenvalue weighted by atomic mass is 16.5. The first-order chi connectivity index (χ1) is 8.64. The Bertz CT molecular complexity index is 313. The highest BCUT2D eigenvalue weighted by Gasteiger charge is 2.32. The second kappa shape index (κ2) is 7.55. The summed E-state index contributed by atoms with van der Waals surface area (Å²) in [5.74, 6) is 0.696. The van der Waals surface area contributed by atoms with Crippen LogP contribution >= 0.6 is 0 Å². The second-order valence-electron chi connectivity index (χ2n) is 5.44. The van der Waals surface area contributed by atoms with Crippen molar-refractivity contribution in [3.8, 4) is 0 Å². The van der Waals surface area contributed by atoms with Gasteiger partial charge in [0.25, 0.3) is 0 Å². The van der Waals surface area contributed by atoms with Crippen LogP contribution in [0.2, 0.25) is 0 Å². The molecule has 0 atom stereocenters. The SMILES string of the molecule is COCC(CCC(C)C)(COC)c1ccccc1. The fourth-order valence-corrected chi connectivity index (χ4v) is 2.41. The van der Waals surface area contributed by atoms with Crippen molar-refractivity contribution in [1.82, 2.24) is 0 Å². The molecule has 0 aliphatic heterocycles. The molecule has 1 aromatic rings. The second-order valence-corrected chi connectivity index (χ2v) is 5.44. The monoisotopic (exact) mass is 250 g/mol. The molecule has 1 rings (SSSR count). The van der Waals surface area contributed by atoms with Crippen LogP contribution < -0.4 is 0 Å². The van der Waals surface area contributed by atoms with Crippen molar-refractivity contribution >= 4 is 0 Å². The predicted octanol–water partition coefficient (Wildman–Crippen LogP) is 3.65. The summed E-state index contributed by atoms with van der Waals surface area (Å²) in [7, 11) is 3.53. The summed E-state index contributed by atoms with van der Waals surface area (Å²) in [6.45, 7) is 5.93. The predicted molar refractivity (Wildman–Crippen MR) is 75.9 cm³/mol. The fraction of sp³-hybridized carbons (Fsp3) is 0.625. The largest absolute Gasteiger partial charge is 0.384 e. The molecule has 0 heterocycles. The highest BCUT2D eigenvalue weighted by molar-refractivity contribution is 5.26. The van der Waals surface area contributed by atoms with Crippen LogP contribution in [-0.2, 0) is 14.9 Å². The first kappa shape index (κ1) is 15.2. The maximum Gasteiger partial charge on any atom is 0.0581 e. The molecule has 0 unspecified atom stereocenters. The van der Waals surface area contributed by atoms with Crippen LogP contribution in [0.1, 0.15) is 32.3 Å². The lowest BCUT2D eigenvalue weighted by Crippen LogP contribution is -2.37. The summed E-state index contributed by atoms with van der Waals surface area (Å²) < 4.78 is 10.9. The van der Waals surface area contributed by atoms with Crippen molar-refractivity contribution in [2.24, 2.45) is 5.92 Å². The molecule has 0 N–H and O–H groups in total. The first-order valence-corrected chi connectivity index (χ1v) is 6.68. The molecule has 2 heteroatoms. The van der Waals surface area contributed by atoms with E-state index < -0.39 is 0 Å². The van der Waals surface area contributed by atoms with E-state index in [1.807, 2.05) is 0 Å². The Morgan fingerprint density at radius 2 is 1.56 bits per heavy atom. The van der Waals surface area contributed by atoms with Gasteiger partial charge in [-0.3, -0.25) is 0 Å². The number of rotatable bonds is 8. The molecule has 0 spiro atoms. The minimum Gasteiger partial charge on any atom is -0.384 e. The van der Waals surface area contributed by atoms with Crippen LogP contribution in [0.25, 0.3) is 0 Å². The van der Waals surface area contributed by atoms with E-state index in [1.165, 1.54) is 12.0 Å². The molecule has 0 bridgehead atoms. The number of hydrogen-bond donors (Lipinski definition) is 0. The molecule has 18 heavy (non-hydrogen) atoms. The molecular formula is C16H26O2. The van der Waals surface area contributed by atoms with Gasteiger partial charge in [-0.1, -0.05) is 44.2 Å². The number of ether oxygens (including phenoxy) is 2. The van der Waals surface area contributed by atoms with E-state index in [-0.39, 0.29) is 5.41 Å². The van der Waals surface area contributed by atoms with Gasteiger partial charge in [-0.15, -0.1) is 0 Å². The molecule has 0 saturated heterocycles. The fourth-order valence-electron chi connectivity index (χ4n) is 2.41. The van der Waals surface area contributed by atoms with Gasteiger partial charge in [0, 0.05) is 19.6 Å². The van der Waals surface area contributed by atoms with Gasteiger partial charge in [-0.2, -0.15) is 0 Å². The van der Waals surface area contributed by atoms with Gasteiger partial charge in [-0.25, -0.2) is 0 Å². The van der Waals surface area contributed by atoms with Crippen LogP contribution in [0.3, 0.4) is 0 Å². The van der Waals surface area contributed by atoms with Crippen LogP contribution in [-0.4, -0.2) is 27.4 Å². The summed E-state index contributed by atoms with van der Waals surface area (Å²) in [5, 5.41) is 0. The summed E-state index contributed by atoms with van der Waals surface area (Å²) in [6, 6.07) is 10.6. The minimum atomic E-state index is -0.0188. The Balaban J connectivity index is 2.96. The minimum absolute atomic E-state index is 0.0188. The number of benzene rings is 1. The lowest BCUT2D eigenvalue weighted by Gasteiger charge is -2.33. The average Bonchev–Trinajstić information content (AvgIpc) is 2.37. The van der Waals surface area contributed by atoms with Crippen molar-refractivity contribution in [2.75, 3.05) is 27.4 Å². The number of methoxy groups -OCH3 is 2. The van der Waals surface area contributed by atoms with E-state index in [4.69, 9.17) is 9.47 Å². The molecule has 1 aromatic carbocycles. The lowest BCUT2D eigenvalue weighted by molar-refractivity contribution is 0.0512. The molecule has 0 amide bonds. The van der Waals surface area contributed by atoms with Gasteiger partial charge in [0.2, 0.25) is 0 Å². The molecular weight excluding hydrogens is 224 g/mol. The van der Waals surface area contributed by atoms with Crippen molar-refractivity contribution in [3.63, 3.8) is 0 Å². The van der Waals surface area contributed by atoms with Crippen LogP contribution in [0, 0.1) is 5.92 Å². The van der Waals surface area contributed by atoms with E-state index in [0.717, 1.165) is 6.42 Å². The van der Waals surface area contributed by atoms with E-state index >= 15 is 0 Å². The zero-order chi connectivity index (χ0) is 13.4. The van der Waals surface area contributed by atoms with E-state index in [2.05, 4.69) is 44.2 Å². The summed E-state index contributed by atoms with van der Waals surface area (Å²) in [6.07, 6.45) is 2.28. The Hall–Kier alpha value is -0.860. The third kappa shape index (κ3) is 4.11. The molecule has 0 saturated carbocycles. The van der Waals surface area contributed by atoms with E-state index in [1.54, 1.807) is 14.2 Å². The van der Waals surface area contributed by atoms with Crippen LogP contribution in [0.5, 0.6) is 0 Å².